The van der Waals surface area contributed by atoms with Gasteiger partial charge in [0.05, 0.1) is 46.4 Å². The molecule has 2 aromatic carbocycles. The number of nitrogens with one attached hydrogen (secondary N) is 2. The molecule has 2 aliphatic heterocycles. The van der Waals surface area contributed by atoms with E-state index in [1.165, 1.54) is 22.3 Å². The largest absolute Gasteiger partial charge is 0.496 e. The van der Waals surface area contributed by atoms with Gasteiger partial charge in [0, 0.05) is 23.2 Å². The van der Waals surface area contributed by atoms with E-state index in [0.29, 0.717) is 30.0 Å². The second-order valence-electron chi connectivity index (χ2n) is 14.0. The number of carbonyl (C=O) groups is 1. The smallest absolute Gasteiger partial charge is 0.439 e. The molecule has 0 bridgehead atoms. The molecule has 2 atom stereocenters. The van der Waals surface area contributed by atoms with Crippen LogP contribution < -0.4 is 15.8 Å². The van der Waals surface area contributed by atoms with E-state index in [1.54, 1.807) is 18.4 Å². The summed E-state index contributed by atoms with van der Waals surface area (Å²) in [6, 6.07) is 19.1. The maximum atomic E-state index is 14.3. The monoisotopic (exact) mass is 698 g/mol. The molecule has 6 heterocycles. The highest BCUT2D eigenvalue weighted by Gasteiger charge is 2.44. The quantitative estimate of drug-likeness (QED) is 0.156. The highest BCUT2D eigenvalue weighted by atomic mass is 32.1. The van der Waals surface area contributed by atoms with E-state index in [2.05, 4.69) is 65.7 Å². The third-order valence-corrected chi connectivity index (χ3v) is 11.9. The first-order valence-electron chi connectivity index (χ1n) is 17.7. The van der Waals surface area contributed by atoms with Gasteiger partial charge in [0.2, 0.25) is 0 Å². The van der Waals surface area contributed by atoms with Crippen LogP contribution in [0.5, 0.6) is 5.75 Å². The van der Waals surface area contributed by atoms with Crippen molar-refractivity contribution in [3.63, 3.8) is 0 Å². The lowest BCUT2D eigenvalue weighted by molar-refractivity contribution is 0.0776. The Morgan fingerprint density at radius 3 is 2.71 bits per heavy atom. The number of aromatic nitrogens is 4. The summed E-state index contributed by atoms with van der Waals surface area (Å²) in [7, 11) is 1.72. The highest BCUT2D eigenvalue weighted by Crippen LogP contribution is 2.50. The van der Waals surface area contributed by atoms with Crippen molar-refractivity contribution in [3.8, 4) is 27.6 Å². The van der Waals surface area contributed by atoms with Crippen LogP contribution in [-0.2, 0) is 19.3 Å². The number of benzene rings is 2. The van der Waals surface area contributed by atoms with Crippen LogP contribution in [0.25, 0.3) is 31.9 Å². The molecule has 3 aliphatic rings. The number of ether oxygens (including phenoxy) is 1. The molecule has 6 aromatic rings. The van der Waals surface area contributed by atoms with E-state index in [4.69, 9.17) is 19.2 Å². The Kier molecular flexibility index (Phi) is 7.76. The number of aromatic amines is 1. The molecular formula is C40H38N6O4S. The summed E-state index contributed by atoms with van der Waals surface area (Å²) in [6.45, 7) is 5.08. The lowest BCUT2D eigenvalue weighted by atomic mass is 9.92. The Bertz CT molecular complexity index is 2380. The molecule has 9 rings (SSSR count). The number of methoxy groups -OCH3 is 1. The van der Waals surface area contributed by atoms with Crippen molar-refractivity contribution in [2.45, 2.75) is 70.4 Å². The second kappa shape index (κ2) is 12.5. The fraction of sp³-hybridized carbons (Fsp3) is 0.325. The predicted octanol–water partition coefficient (Wildman–Crippen LogP) is 8.01. The molecule has 11 heteroatoms. The van der Waals surface area contributed by atoms with Crippen LogP contribution >= 0.6 is 11.3 Å². The van der Waals surface area contributed by atoms with Gasteiger partial charge in [-0.1, -0.05) is 55.4 Å². The van der Waals surface area contributed by atoms with E-state index < -0.39 is 5.76 Å². The summed E-state index contributed by atoms with van der Waals surface area (Å²) in [5.41, 5.74) is 8.52. The molecule has 4 aromatic heterocycles. The summed E-state index contributed by atoms with van der Waals surface area (Å²) >= 11 is 1.59. The maximum Gasteiger partial charge on any atom is 0.439 e. The fourth-order valence-electron chi connectivity index (χ4n) is 8.22. The number of aryl methyl sites for hydroxylation is 2. The second-order valence-corrected chi connectivity index (χ2v) is 15.1. The number of pyridine rings is 2. The molecule has 1 amide bonds. The average molecular weight is 699 g/mol. The van der Waals surface area contributed by atoms with Crippen molar-refractivity contribution in [3.05, 3.63) is 111 Å². The van der Waals surface area contributed by atoms with Gasteiger partial charge < -0.3 is 15.0 Å². The SMILES string of the molecule is COc1cccc2c1CC[C@H]2Nc1nccc2cc(-c3c4c(nc(CCc5ccc(C(C)C)cc5)c3-c3noc(=O)[nH]3)[C@@H]3CCCN3C4=O)sc12. The predicted molar refractivity (Wildman–Crippen MR) is 198 cm³/mol. The van der Waals surface area contributed by atoms with Gasteiger partial charge in [-0.3, -0.25) is 19.3 Å². The van der Waals surface area contributed by atoms with Crippen molar-refractivity contribution >= 4 is 33.1 Å². The maximum absolute atomic E-state index is 14.3. The topological polar surface area (TPSA) is 126 Å². The number of carbonyl (C=O) groups excluding carboxylic acids is 1. The van der Waals surface area contributed by atoms with Gasteiger partial charge in [-0.15, -0.1) is 11.3 Å². The summed E-state index contributed by atoms with van der Waals surface area (Å²) in [5.74, 6) is 1.76. The van der Waals surface area contributed by atoms with Crippen LogP contribution in [0.4, 0.5) is 5.82 Å². The first kappa shape index (κ1) is 31.7. The van der Waals surface area contributed by atoms with Gasteiger partial charge in [0.25, 0.3) is 5.91 Å². The van der Waals surface area contributed by atoms with E-state index >= 15 is 0 Å². The van der Waals surface area contributed by atoms with Gasteiger partial charge >= 0.3 is 5.76 Å². The van der Waals surface area contributed by atoms with Crippen LogP contribution in [0, 0.1) is 0 Å². The third kappa shape index (κ3) is 5.33. The van der Waals surface area contributed by atoms with Crippen molar-refractivity contribution in [2.75, 3.05) is 19.0 Å². The molecule has 0 saturated carbocycles. The Balaban J connectivity index is 1.18. The Labute approximate surface area is 298 Å². The van der Waals surface area contributed by atoms with Crippen molar-refractivity contribution in [1.29, 1.82) is 0 Å². The Morgan fingerprint density at radius 1 is 1.06 bits per heavy atom. The standard InChI is InChI=1S/C40H38N6O4S/c1-21(2)23-12-9-22(10-13-23)11-15-28-32(37-44-40(48)50-45-37)33(34-35(42-28)29-7-5-19-46(29)39(34)47)31-20-24-17-18-41-38(36(24)51-31)43-27-16-14-26-25(27)6-4-8-30(26)49-3/h4,6,8-10,12-13,17-18,20-21,27,29H,5,7,11,14-16,19H2,1-3H3,(H,41,43)(H,44,45,48)/t27-,29+/m1/s1. The zero-order valence-corrected chi connectivity index (χ0v) is 29.6. The van der Waals surface area contributed by atoms with Crippen molar-refractivity contribution < 1.29 is 14.1 Å². The number of anilines is 1. The first-order valence-corrected chi connectivity index (χ1v) is 18.5. The van der Waals surface area contributed by atoms with Gasteiger partial charge in [0.15, 0.2) is 5.82 Å². The molecule has 51 heavy (non-hydrogen) atoms. The minimum atomic E-state index is -0.654. The van der Waals surface area contributed by atoms with Gasteiger partial charge in [-0.25, -0.2) is 9.78 Å². The fourth-order valence-corrected chi connectivity index (χ4v) is 9.38. The van der Waals surface area contributed by atoms with Gasteiger partial charge in [-0.05, 0) is 90.3 Å². The zero-order valence-electron chi connectivity index (χ0n) is 28.8. The lowest BCUT2D eigenvalue weighted by Gasteiger charge is -2.17. The van der Waals surface area contributed by atoms with E-state index in [1.807, 2.05) is 29.3 Å². The molecular weight excluding hydrogens is 661 g/mol. The molecule has 258 valence electrons. The Hall–Kier alpha value is -5.29. The van der Waals surface area contributed by atoms with Crippen LogP contribution in [0.3, 0.4) is 0 Å². The molecule has 1 aliphatic carbocycles. The molecule has 0 radical (unpaired) electrons. The molecule has 10 nitrogen and oxygen atoms in total. The summed E-state index contributed by atoms with van der Waals surface area (Å²) < 4.78 is 11.7. The van der Waals surface area contributed by atoms with Crippen LogP contribution in [-0.4, -0.2) is 44.6 Å². The Morgan fingerprint density at radius 2 is 1.92 bits per heavy atom. The van der Waals surface area contributed by atoms with Crippen molar-refractivity contribution in [2.24, 2.45) is 0 Å². The van der Waals surface area contributed by atoms with E-state index in [0.717, 1.165) is 75.6 Å². The minimum Gasteiger partial charge on any atom is -0.496 e. The number of thiophene rings is 1. The number of H-pyrrole nitrogens is 1. The number of fused-ring (bicyclic) bond motifs is 5. The molecule has 0 spiro atoms. The summed E-state index contributed by atoms with van der Waals surface area (Å²) in [6.07, 6.45) is 6.84. The van der Waals surface area contributed by atoms with E-state index in [9.17, 15) is 9.59 Å². The molecule has 0 unspecified atom stereocenters. The summed E-state index contributed by atoms with van der Waals surface area (Å²) in [5, 5.41) is 8.93. The zero-order chi connectivity index (χ0) is 34.8. The normalized spacial score (nSPS) is 17.7. The molecule has 1 fully saturated rings. The average Bonchev–Trinajstić information content (AvgIpc) is 3.98. The molecule has 2 N–H and O–H groups in total. The highest BCUT2D eigenvalue weighted by molar-refractivity contribution is 7.23. The summed E-state index contributed by atoms with van der Waals surface area (Å²) in [4.78, 5) is 42.4. The number of hydrogen-bond donors (Lipinski definition) is 2. The van der Waals surface area contributed by atoms with Crippen LogP contribution in [0.15, 0.2) is 70.1 Å². The van der Waals surface area contributed by atoms with Crippen molar-refractivity contribution in [1.82, 2.24) is 25.0 Å². The van der Waals surface area contributed by atoms with Crippen LogP contribution in [0.1, 0.15) is 95.1 Å². The number of nitrogens with zero attached hydrogens (tertiary/aromatic N) is 4. The number of rotatable bonds is 9. The van der Waals surface area contributed by atoms with Crippen LogP contribution in [0.2, 0.25) is 0 Å². The number of amides is 1. The van der Waals surface area contributed by atoms with E-state index in [-0.39, 0.29) is 23.8 Å². The molecule has 1 saturated heterocycles. The van der Waals surface area contributed by atoms with Gasteiger partial charge in [-0.2, -0.15) is 0 Å². The third-order valence-electron chi connectivity index (χ3n) is 10.8. The first-order chi connectivity index (χ1) is 24.9. The lowest BCUT2D eigenvalue weighted by Crippen LogP contribution is -2.22. The van der Waals surface area contributed by atoms with Gasteiger partial charge in [0.1, 0.15) is 11.6 Å². The minimum absolute atomic E-state index is 0.0247. The number of hydrogen-bond acceptors (Lipinski definition) is 9.